The summed E-state index contributed by atoms with van der Waals surface area (Å²) in [5.41, 5.74) is 1.74. The van der Waals surface area contributed by atoms with Gasteiger partial charge in [0, 0.05) is 23.7 Å². The predicted octanol–water partition coefficient (Wildman–Crippen LogP) is 3.35. The second kappa shape index (κ2) is 6.61. The zero-order valence-electron chi connectivity index (χ0n) is 11.1. The van der Waals surface area contributed by atoms with Gasteiger partial charge in [-0.25, -0.2) is 9.97 Å². The molecule has 1 aromatic heterocycles. The van der Waals surface area contributed by atoms with E-state index < -0.39 is 12.7 Å². The third-order valence-electron chi connectivity index (χ3n) is 3.38. The quantitative estimate of drug-likeness (QED) is 0.631. The first-order valence-electron chi connectivity index (χ1n) is 6.71. The lowest BCUT2D eigenvalue weighted by Gasteiger charge is -2.26. The summed E-state index contributed by atoms with van der Waals surface area (Å²) in [6.07, 6.45) is 1.70. The SMILES string of the molecule is FC(F)(F)CN(CCCl)c1ncnc2c1CCCCC2. The molecule has 0 N–H and O–H groups in total. The highest BCUT2D eigenvalue weighted by Crippen LogP contribution is 2.28. The molecule has 0 saturated heterocycles. The van der Waals surface area contributed by atoms with Gasteiger partial charge in [-0.2, -0.15) is 13.2 Å². The second-order valence-corrected chi connectivity index (χ2v) is 5.29. The monoisotopic (exact) mass is 307 g/mol. The third-order valence-corrected chi connectivity index (χ3v) is 3.55. The minimum absolute atomic E-state index is 0.129. The van der Waals surface area contributed by atoms with E-state index >= 15 is 0 Å². The summed E-state index contributed by atoms with van der Waals surface area (Å²) in [4.78, 5) is 9.54. The van der Waals surface area contributed by atoms with Crippen LogP contribution in [-0.4, -0.2) is 35.1 Å². The van der Waals surface area contributed by atoms with Gasteiger partial charge in [0.1, 0.15) is 18.7 Å². The van der Waals surface area contributed by atoms with Gasteiger partial charge in [0.15, 0.2) is 0 Å². The predicted molar refractivity (Wildman–Crippen MR) is 72.3 cm³/mol. The molecule has 1 heterocycles. The van der Waals surface area contributed by atoms with Crippen LogP contribution in [0.1, 0.15) is 30.5 Å². The van der Waals surface area contributed by atoms with E-state index in [2.05, 4.69) is 9.97 Å². The lowest BCUT2D eigenvalue weighted by Crippen LogP contribution is -2.37. The number of hydrogen-bond acceptors (Lipinski definition) is 3. The van der Waals surface area contributed by atoms with Crippen molar-refractivity contribution in [2.45, 2.75) is 38.3 Å². The Morgan fingerprint density at radius 1 is 1.15 bits per heavy atom. The van der Waals surface area contributed by atoms with Crippen LogP contribution in [0.3, 0.4) is 0 Å². The van der Waals surface area contributed by atoms with Crippen molar-refractivity contribution in [3.63, 3.8) is 0 Å². The van der Waals surface area contributed by atoms with Gasteiger partial charge in [0.05, 0.1) is 0 Å². The molecule has 1 aliphatic rings. The van der Waals surface area contributed by atoms with Crippen LogP contribution in [-0.2, 0) is 12.8 Å². The average molecular weight is 308 g/mol. The number of fused-ring (bicyclic) bond motifs is 1. The number of halogens is 4. The smallest absolute Gasteiger partial charge is 0.346 e. The molecular weight excluding hydrogens is 291 g/mol. The summed E-state index contributed by atoms with van der Waals surface area (Å²) in [6.45, 7) is -0.895. The van der Waals surface area contributed by atoms with Crippen LogP contribution in [0.25, 0.3) is 0 Å². The Labute approximate surface area is 121 Å². The van der Waals surface area contributed by atoms with Crippen molar-refractivity contribution in [3.8, 4) is 0 Å². The molecule has 0 aliphatic heterocycles. The van der Waals surface area contributed by atoms with E-state index in [-0.39, 0.29) is 12.4 Å². The molecule has 3 nitrogen and oxygen atoms in total. The van der Waals surface area contributed by atoms with E-state index in [1.807, 2.05) is 0 Å². The van der Waals surface area contributed by atoms with Gasteiger partial charge >= 0.3 is 6.18 Å². The zero-order valence-corrected chi connectivity index (χ0v) is 11.8. The minimum atomic E-state index is -4.27. The number of nitrogens with zero attached hydrogens (tertiary/aromatic N) is 3. The Balaban J connectivity index is 2.32. The van der Waals surface area contributed by atoms with Crippen LogP contribution in [0, 0.1) is 0 Å². The first-order chi connectivity index (χ1) is 9.51. The molecule has 0 atom stereocenters. The Morgan fingerprint density at radius 3 is 2.60 bits per heavy atom. The number of rotatable bonds is 4. The minimum Gasteiger partial charge on any atom is -0.346 e. The van der Waals surface area contributed by atoms with Crippen LogP contribution >= 0.6 is 11.6 Å². The van der Waals surface area contributed by atoms with E-state index in [0.717, 1.165) is 43.4 Å². The van der Waals surface area contributed by atoms with Gasteiger partial charge in [0.2, 0.25) is 0 Å². The summed E-state index contributed by atoms with van der Waals surface area (Å²) >= 11 is 5.64. The fourth-order valence-electron chi connectivity index (χ4n) is 2.53. The maximum atomic E-state index is 12.7. The zero-order chi connectivity index (χ0) is 14.6. The molecule has 112 valence electrons. The molecule has 0 amide bonds. The molecular formula is C13H17ClF3N3. The highest BCUT2D eigenvalue weighted by atomic mass is 35.5. The second-order valence-electron chi connectivity index (χ2n) is 4.91. The van der Waals surface area contributed by atoms with Gasteiger partial charge < -0.3 is 4.90 Å². The Kier molecular flexibility index (Phi) is 5.07. The lowest BCUT2D eigenvalue weighted by molar-refractivity contribution is -0.119. The topological polar surface area (TPSA) is 29.0 Å². The molecule has 0 spiro atoms. The highest BCUT2D eigenvalue weighted by molar-refractivity contribution is 6.18. The van der Waals surface area contributed by atoms with Crippen molar-refractivity contribution in [2.24, 2.45) is 0 Å². The third kappa shape index (κ3) is 3.98. The van der Waals surface area contributed by atoms with Gasteiger partial charge in [0.25, 0.3) is 0 Å². The van der Waals surface area contributed by atoms with Crippen LogP contribution in [0.15, 0.2) is 6.33 Å². The molecule has 0 unspecified atom stereocenters. The fourth-order valence-corrected chi connectivity index (χ4v) is 2.74. The van der Waals surface area contributed by atoms with Crippen molar-refractivity contribution >= 4 is 17.4 Å². The van der Waals surface area contributed by atoms with Crippen molar-refractivity contribution < 1.29 is 13.2 Å². The molecule has 1 aromatic rings. The van der Waals surface area contributed by atoms with Gasteiger partial charge in [-0.15, -0.1) is 11.6 Å². The molecule has 0 fully saturated rings. The Morgan fingerprint density at radius 2 is 1.90 bits per heavy atom. The molecule has 0 bridgehead atoms. The Hall–Kier alpha value is -1.04. The van der Waals surface area contributed by atoms with Crippen molar-refractivity contribution in [1.82, 2.24) is 9.97 Å². The summed E-state index contributed by atoms with van der Waals surface area (Å²) in [5, 5.41) is 0. The van der Waals surface area contributed by atoms with Crippen LogP contribution in [0.4, 0.5) is 19.0 Å². The van der Waals surface area contributed by atoms with E-state index in [4.69, 9.17) is 11.6 Å². The first-order valence-corrected chi connectivity index (χ1v) is 7.25. The number of aromatic nitrogens is 2. The van der Waals surface area contributed by atoms with Crippen molar-refractivity contribution in [2.75, 3.05) is 23.9 Å². The standard InChI is InChI=1S/C13H17ClF3N3/c14-6-7-20(8-13(15,16)17)12-10-4-2-1-3-5-11(10)18-9-19-12/h9H,1-8H2. The van der Waals surface area contributed by atoms with E-state index in [0.29, 0.717) is 5.82 Å². The normalized spacial score (nSPS) is 15.6. The summed E-state index contributed by atoms with van der Waals surface area (Å²) in [6, 6.07) is 0. The average Bonchev–Trinajstić information content (AvgIpc) is 2.61. The molecule has 2 rings (SSSR count). The molecule has 0 saturated carbocycles. The largest absolute Gasteiger partial charge is 0.405 e. The summed E-state index contributed by atoms with van der Waals surface area (Å²) in [7, 11) is 0. The summed E-state index contributed by atoms with van der Waals surface area (Å²) in [5.74, 6) is 0.532. The molecule has 0 aromatic carbocycles. The molecule has 0 radical (unpaired) electrons. The molecule has 7 heteroatoms. The fraction of sp³-hybridized carbons (Fsp3) is 0.692. The summed E-state index contributed by atoms with van der Waals surface area (Å²) < 4.78 is 38.1. The van der Waals surface area contributed by atoms with E-state index in [1.165, 1.54) is 11.2 Å². The maximum absolute atomic E-state index is 12.7. The number of alkyl halides is 4. The van der Waals surface area contributed by atoms with E-state index in [9.17, 15) is 13.2 Å². The number of anilines is 1. The van der Waals surface area contributed by atoms with Crippen molar-refractivity contribution in [1.29, 1.82) is 0 Å². The van der Waals surface area contributed by atoms with Crippen LogP contribution in [0.2, 0.25) is 0 Å². The van der Waals surface area contributed by atoms with E-state index in [1.54, 1.807) is 0 Å². The highest BCUT2D eigenvalue weighted by Gasteiger charge is 2.32. The van der Waals surface area contributed by atoms with Gasteiger partial charge in [-0.3, -0.25) is 0 Å². The number of aryl methyl sites for hydroxylation is 1. The van der Waals surface area contributed by atoms with Gasteiger partial charge in [-0.1, -0.05) is 6.42 Å². The molecule has 1 aliphatic carbocycles. The Bertz CT molecular complexity index is 451. The first kappa shape index (κ1) is 15.4. The maximum Gasteiger partial charge on any atom is 0.405 e. The molecule has 20 heavy (non-hydrogen) atoms. The van der Waals surface area contributed by atoms with Gasteiger partial charge in [-0.05, 0) is 25.7 Å². The van der Waals surface area contributed by atoms with Crippen molar-refractivity contribution in [3.05, 3.63) is 17.6 Å². The van der Waals surface area contributed by atoms with Crippen LogP contribution < -0.4 is 4.90 Å². The number of hydrogen-bond donors (Lipinski definition) is 0. The lowest BCUT2D eigenvalue weighted by atomic mass is 10.1. The van der Waals surface area contributed by atoms with Crippen LogP contribution in [0.5, 0.6) is 0 Å².